The zero-order valence-electron chi connectivity index (χ0n) is 9.26. The predicted molar refractivity (Wildman–Crippen MR) is 54.9 cm³/mol. The summed E-state index contributed by atoms with van der Waals surface area (Å²) in [6.45, 7) is 12.7. The largest absolute Gasteiger partial charge is 0.359 e. The average molecular weight is 170 g/mol. The molecular weight excluding hydrogens is 148 g/mol. The van der Waals surface area contributed by atoms with E-state index in [4.69, 9.17) is 0 Å². The van der Waals surface area contributed by atoms with Crippen molar-refractivity contribution in [3.63, 3.8) is 0 Å². The fraction of sp³-hybridized carbons (Fsp3) is 0.800. The minimum Gasteiger partial charge on any atom is -0.359 e. The van der Waals surface area contributed by atoms with Crippen molar-refractivity contribution in [1.82, 2.24) is 9.80 Å². The Morgan fingerprint density at radius 1 is 0.917 bits per heavy atom. The highest BCUT2D eigenvalue weighted by molar-refractivity contribution is 4.93. The van der Waals surface area contributed by atoms with Gasteiger partial charge in [0.1, 0.15) is 0 Å². The molecule has 0 aromatic carbocycles. The number of hydrogen-bond donors (Lipinski definition) is 0. The van der Waals surface area contributed by atoms with E-state index in [1.54, 1.807) is 0 Å². The molecule has 2 heteroatoms. The van der Waals surface area contributed by atoms with Gasteiger partial charge in [0.15, 0.2) is 0 Å². The fourth-order valence-electron chi connectivity index (χ4n) is 0.845. The van der Waals surface area contributed by atoms with Crippen LogP contribution in [-0.2, 0) is 0 Å². The third-order valence-corrected chi connectivity index (χ3v) is 2.36. The van der Waals surface area contributed by atoms with Gasteiger partial charge in [0.05, 0.1) is 5.82 Å². The van der Waals surface area contributed by atoms with Crippen LogP contribution in [0, 0.1) is 0 Å². The topological polar surface area (TPSA) is 6.48 Å². The molecule has 0 bridgehead atoms. The van der Waals surface area contributed by atoms with Crippen LogP contribution in [0.25, 0.3) is 0 Å². The zero-order chi connectivity index (χ0) is 9.89. The van der Waals surface area contributed by atoms with Gasteiger partial charge in [0, 0.05) is 26.2 Å². The molecule has 12 heavy (non-hydrogen) atoms. The van der Waals surface area contributed by atoms with E-state index in [1.807, 2.05) is 0 Å². The lowest BCUT2D eigenvalue weighted by atomic mass is 10.3. The first kappa shape index (κ1) is 11.3. The first-order chi connectivity index (χ1) is 5.37. The van der Waals surface area contributed by atoms with E-state index in [0.29, 0.717) is 12.1 Å². The Bertz CT molecular complexity index is 134. The van der Waals surface area contributed by atoms with Gasteiger partial charge in [-0.05, 0) is 27.7 Å². The summed E-state index contributed by atoms with van der Waals surface area (Å²) in [5.41, 5.74) is 0. The van der Waals surface area contributed by atoms with Crippen LogP contribution in [0.5, 0.6) is 0 Å². The van der Waals surface area contributed by atoms with E-state index in [0.717, 1.165) is 5.82 Å². The summed E-state index contributed by atoms with van der Waals surface area (Å²) in [5.74, 6) is 1.08. The first-order valence-corrected chi connectivity index (χ1v) is 4.52. The number of hydrogen-bond acceptors (Lipinski definition) is 2. The summed E-state index contributed by atoms with van der Waals surface area (Å²) in [6.07, 6.45) is 0. The van der Waals surface area contributed by atoms with Crippen LogP contribution in [0.4, 0.5) is 0 Å². The highest BCUT2D eigenvalue weighted by Crippen LogP contribution is 2.10. The van der Waals surface area contributed by atoms with Gasteiger partial charge >= 0.3 is 0 Å². The lowest BCUT2D eigenvalue weighted by Crippen LogP contribution is -2.37. The maximum atomic E-state index is 4.05. The molecule has 0 aromatic rings. The third kappa shape index (κ3) is 2.76. The lowest BCUT2D eigenvalue weighted by molar-refractivity contribution is 0.208. The van der Waals surface area contributed by atoms with Crippen molar-refractivity contribution in [2.75, 3.05) is 14.1 Å². The Morgan fingerprint density at radius 3 is 1.33 bits per heavy atom. The van der Waals surface area contributed by atoms with Crippen LogP contribution in [0.15, 0.2) is 12.4 Å². The van der Waals surface area contributed by atoms with Gasteiger partial charge in [-0.2, -0.15) is 0 Å². The minimum absolute atomic E-state index is 0.513. The molecule has 0 rings (SSSR count). The summed E-state index contributed by atoms with van der Waals surface area (Å²) in [4.78, 5) is 4.36. The Labute approximate surface area is 76.9 Å². The van der Waals surface area contributed by atoms with Gasteiger partial charge in [0.25, 0.3) is 0 Å². The Morgan fingerprint density at radius 2 is 1.17 bits per heavy atom. The van der Waals surface area contributed by atoms with Crippen LogP contribution < -0.4 is 0 Å². The van der Waals surface area contributed by atoms with E-state index < -0.39 is 0 Å². The smallest absolute Gasteiger partial charge is 0.0964 e. The predicted octanol–water partition coefficient (Wildman–Crippen LogP) is 2.14. The SMILES string of the molecule is C=C(N(C)C(C)C)N(C)C(C)C. The third-order valence-electron chi connectivity index (χ3n) is 2.36. The van der Waals surface area contributed by atoms with Gasteiger partial charge in [-0.15, -0.1) is 0 Å². The summed E-state index contributed by atoms with van der Waals surface area (Å²) in [7, 11) is 4.15. The Hall–Kier alpha value is -0.660. The van der Waals surface area contributed by atoms with Crippen LogP contribution in [-0.4, -0.2) is 36.0 Å². The monoisotopic (exact) mass is 170 g/mol. The van der Waals surface area contributed by atoms with Gasteiger partial charge in [-0.25, -0.2) is 0 Å². The van der Waals surface area contributed by atoms with E-state index in [1.165, 1.54) is 0 Å². The van der Waals surface area contributed by atoms with E-state index >= 15 is 0 Å². The fourth-order valence-corrected chi connectivity index (χ4v) is 0.845. The van der Waals surface area contributed by atoms with Crippen LogP contribution in [0.1, 0.15) is 27.7 Å². The van der Waals surface area contributed by atoms with Crippen molar-refractivity contribution >= 4 is 0 Å². The van der Waals surface area contributed by atoms with Crippen molar-refractivity contribution < 1.29 is 0 Å². The van der Waals surface area contributed by atoms with E-state index in [2.05, 4.69) is 58.2 Å². The molecule has 0 unspecified atom stereocenters. The Kier molecular flexibility index (Phi) is 4.15. The molecule has 0 saturated carbocycles. The highest BCUT2D eigenvalue weighted by Gasteiger charge is 2.11. The summed E-state index contributed by atoms with van der Waals surface area (Å²) < 4.78 is 0. The molecule has 2 nitrogen and oxygen atoms in total. The van der Waals surface area contributed by atoms with Gasteiger partial charge < -0.3 is 9.80 Å². The van der Waals surface area contributed by atoms with Crippen molar-refractivity contribution in [3.8, 4) is 0 Å². The highest BCUT2D eigenvalue weighted by atomic mass is 15.3. The van der Waals surface area contributed by atoms with Crippen molar-refractivity contribution in [1.29, 1.82) is 0 Å². The zero-order valence-corrected chi connectivity index (χ0v) is 9.26. The van der Waals surface area contributed by atoms with E-state index in [9.17, 15) is 0 Å². The summed E-state index contributed by atoms with van der Waals surface area (Å²) >= 11 is 0. The molecule has 0 aliphatic heterocycles. The average Bonchev–Trinajstić information content (AvgIpc) is 2.00. The molecule has 0 saturated heterocycles. The molecule has 0 spiro atoms. The maximum absolute atomic E-state index is 4.05. The molecule has 0 aromatic heterocycles. The number of rotatable bonds is 4. The summed E-state index contributed by atoms with van der Waals surface area (Å²) in [6, 6.07) is 1.03. The molecule has 72 valence electrons. The van der Waals surface area contributed by atoms with Gasteiger partial charge in [-0.1, -0.05) is 6.58 Å². The molecular formula is C10H22N2. The normalized spacial score (nSPS) is 10.7. The molecule has 0 aliphatic rings. The standard InChI is InChI=1S/C10H22N2/c1-8(2)11(6)10(5)12(7)9(3)4/h8-9H,5H2,1-4,6-7H3. The second kappa shape index (κ2) is 4.39. The van der Waals surface area contributed by atoms with Crippen LogP contribution in [0.2, 0.25) is 0 Å². The minimum atomic E-state index is 0.513. The maximum Gasteiger partial charge on any atom is 0.0964 e. The van der Waals surface area contributed by atoms with Crippen molar-refractivity contribution in [3.05, 3.63) is 12.4 Å². The summed E-state index contributed by atoms with van der Waals surface area (Å²) in [5, 5.41) is 0. The van der Waals surface area contributed by atoms with Gasteiger partial charge in [0.2, 0.25) is 0 Å². The second-order valence-corrected chi connectivity index (χ2v) is 3.83. The second-order valence-electron chi connectivity index (χ2n) is 3.83. The molecule has 0 amide bonds. The molecule has 0 radical (unpaired) electrons. The lowest BCUT2D eigenvalue weighted by Gasteiger charge is -2.35. The quantitative estimate of drug-likeness (QED) is 0.638. The van der Waals surface area contributed by atoms with E-state index in [-0.39, 0.29) is 0 Å². The van der Waals surface area contributed by atoms with Crippen LogP contribution in [0.3, 0.4) is 0 Å². The first-order valence-electron chi connectivity index (χ1n) is 4.52. The van der Waals surface area contributed by atoms with Crippen molar-refractivity contribution in [2.45, 2.75) is 39.8 Å². The van der Waals surface area contributed by atoms with Crippen molar-refractivity contribution in [2.24, 2.45) is 0 Å². The Balaban J connectivity index is 4.19. The van der Waals surface area contributed by atoms with Gasteiger partial charge in [-0.3, -0.25) is 0 Å². The molecule has 0 heterocycles. The molecule has 0 aliphatic carbocycles. The number of nitrogens with zero attached hydrogens (tertiary/aromatic N) is 2. The van der Waals surface area contributed by atoms with Crippen LogP contribution >= 0.6 is 0 Å². The molecule has 0 atom stereocenters. The molecule has 0 N–H and O–H groups in total. The molecule has 0 fully saturated rings.